The zero-order valence-electron chi connectivity index (χ0n) is 20.4. The van der Waals surface area contributed by atoms with Crippen LogP contribution in [0.1, 0.15) is 16.7 Å². The fourth-order valence-electron chi connectivity index (χ4n) is 5.30. The van der Waals surface area contributed by atoms with Gasteiger partial charge in [0.05, 0.1) is 24.6 Å². The van der Waals surface area contributed by atoms with Crippen molar-refractivity contribution in [3.05, 3.63) is 77.6 Å². The van der Waals surface area contributed by atoms with Gasteiger partial charge in [0.25, 0.3) is 0 Å². The first-order chi connectivity index (χ1) is 17.8. The van der Waals surface area contributed by atoms with E-state index in [1.165, 1.54) is 12.1 Å². The van der Waals surface area contributed by atoms with Crippen molar-refractivity contribution in [3.8, 4) is 5.75 Å². The van der Waals surface area contributed by atoms with Crippen molar-refractivity contribution in [3.63, 3.8) is 0 Å². The van der Waals surface area contributed by atoms with Gasteiger partial charge in [-0.05, 0) is 54.3 Å². The minimum Gasteiger partial charge on any atom is -0.496 e. The van der Waals surface area contributed by atoms with E-state index < -0.39 is 17.7 Å². The molecule has 1 saturated heterocycles. The van der Waals surface area contributed by atoms with Gasteiger partial charge in [0.1, 0.15) is 5.75 Å². The van der Waals surface area contributed by atoms with Crippen molar-refractivity contribution < 1.29 is 22.7 Å². The number of aromatic nitrogens is 2. The number of alkyl halides is 3. The molecule has 2 unspecified atom stereocenters. The van der Waals surface area contributed by atoms with Gasteiger partial charge in [-0.25, -0.2) is 9.97 Å². The van der Waals surface area contributed by atoms with Crippen molar-refractivity contribution in [2.24, 2.45) is 5.92 Å². The second-order valence-electron chi connectivity index (χ2n) is 9.26. The second kappa shape index (κ2) is 10.3. The van der Waals surface area contributed by atoms with Crippen molar-refractivity contribution in [2.75, 3.05) is 43.1 Å². The zero-order valence-corrected chi connectivity index (χ0v) is 20.4. The third-order valence-electron chi connectivity index (χ3n) is 7.10. The molecule has 0 saturated carbocycles. The number of nitrogens with one attached hydrogen (secondary N) is 1. The molecular formula is C27H28F3N5O2. The van der Waals surface area contributed by atoms with Crippen molar-refractivity contribution in [1.82, 2.24) is 15.3 Å². The Labute approximate surface area is 213 Å². The van der Waals surface area contributed by atoms with E-state index in [-0.39, 0.29) is 18.4 Å². The summed E-state index contributed by atoms with van der Waals surface area (Å²) in [5.74, 6) is 0.625. The van der Waals surface area contributed by atoms with Gasteiger partial charge in [-0.15, -0.1) is 0 Å². The van der Waals surface area contributed by atoms with Crippen LogP contribution in [0.3, 0.4) is 0 Å². The molecule has 5 rings (SSSR count). The smallest absolute Gasteiger partial charge is 0.416 e. The van der Waals surface area contributed by atoms with Gasteiger partial charge in [-0.3, -0.25) is 4.79 Å². The summed E-state index contributed by atoms with van der Waals surface area (Å²) in [7, 11) is 1.60. The number of fused-ring (bicyclic) bond motifs is 3. The minimum absolute atomic E-state index is 0.177. The third kappa shape index (κ3) is 5.19. The second-order valence-corrected chi connectivity index (χ2v) is 9.26. The number of benzene rings is 2. The van der Waals surface area contributed by atoms with Crippen LogP contribution < -0.4 is 19.9 Å². The number of ether oxygens (including phenoxy) is 1. The van der Waals surface area contributed by atoms with E-state index in [1.54, 1.807) is 25.6 Å². The summed E-state index contributed by atoms with van der Waals surface area (Å²) in [6.07, 6.45) is -0.293. The van der Waals surface area contributed by atoms with Crippen molar-refractivity contribution in [1.29, 1.82) is 0 Å². The average Bonchev–Trinajstić information content (AvgIpc) is 2.92. The molecule has 2 atom stereocenters. The standard InChI is InChI=1S/C27H28F3N5O2/c1-37-24-6-3-2-5-18(24)9-12-31-25(36)21-16-19-15-20(27(28,29)30)7-8-22(19)35-14-13-34(17-23(21)35)26-32-10-4-11-33-26/h2-8,10-11,15,21,23H,9,12-14,16-17H2,1H3,(H,31,36). The van der Waals surface area contributed by atoms with Crippen LogP contribution in [0.2, 0.25) is 0 Å². The molecule has 194 valence electrons. The maximum absolute atomic E-state index is 13.5. The number of carbonyl (C=O) groups is 1. The van der Waals surface area contributed by atoms with Crippen LogP contribution in [0.15, 0.2) is 60.9 Å². The first kappa shape index (κ1) is 24.9. The van der Waals surface area contributed by atoms with Crippen LogP contribution in [-0.2, 0) is 23.8 Å². The normalized spacial score (nSPS) is 19.1. The van der Waals surface area contributed by atoms with E-state index >= 15 is 0 Å². The van der Waals surface area contributed by atoms with E-state index in [0.29, 0.717) is 44.1 Å². The van der Waals surface area contributed by atoms with Crippen LogP contribution in [0, 0.1) is 5.92 Å². The molecule has 2 aliphatic heterocycles. The summed E-state index contributed by atoms with van der Waals surface area (Å²) in [5.41, 5.74) is 1.57. The molecule has 1 amide bonds. The molecule has 2 aliphatic rings. The molecular weight excluding hydrogens is 483 g/mol. The first-order valence-corrected chi connectivity index (χ1v) is 12.2. The fraction of sp³-hybridized carbons (Fsp3) is 0.370. The molecule has 3 heterocycles. The van der Waals surface area contributed by atoms with Crippen LogP contribution >= 0.6 is 0 Å². The highest BCUT2D eigenvalue weighted by atomic mass is 19.4. The van der Waals surface area contributed by atoms with Gasteiger partial charge in [-0.1, -0.05) is 18.2 Å². The number of methoxy groups -OCH3 is 1. The number of carbonyl (C=O) groups excluding carboxylic acids is 1. The fourth-order valence-corrected chi connectivity index (χ4v) is 5.30. The third-order valence-corrected chi connectivity index (χ3v) is 7.10. The lowest BCUT2D eigenvalue weighted by atomic mass is 9.82. The van der Waals surface area contributed by atoms with Crippen LogP contribution in [0.25, 0.3) is 0 Å². The number of nitrogens with zero attached hydrogens (tertiary/aromatic N) is 4. The van der Waals surface area contributed by atoms with Gasteiger partial charge < -0.3 is 19.9 Å². The Hall–Kier alpha value is -3.82. The SMILES string of the molecule is COc1ccccc1CCNC(=O)C1Cc2cc(C(F)(F)F)ccc2N2CCN(c3ncccn3)CC12. The van der Waals surface area contributed by atoms with E-state index in [2.05, 4.69) is 20.2 Å². The first-order valence-electron chi connectivity index (χ1n) is 12.2. The summed E-state index contributed by atoms with van der Waals surface area (Å²) in [5, 5.41) is 3.02. The largest absolute Gasteiger partial charge is 0.496 e. The van der Waals surface area contributed by atoms with Crippen LogP contribution in [-0.4, -0.2) is 55.2 Å². The number of amides is 1. The molecule has 3 aromatic rings. The van der Waals surface area contributed by atoms with Gasteiger partial charge in [-0.2, -0.15) is 13.2 Å². The molecule has 10 heteroatoms. The summed E-state index contributed by atoms with van der Waals surface area (Å²) in [4.78, 5) is 26.3. The molecule has 0 aliphatic carbocycles. The molecule has 1 aromatic heterocycles. The minimum atomic E-state index is -4.44. The maximum atomic E-state index is 13.5. The molecule has 0 spiro atoms. The predicted molar refractivity (Wildman–Crippen MR) is 134 cm³/mol. The Morgan fingerprint density at radius 2 is 1.89 bits per heavy atom. The highest BCUT2D eigenvalue weighted by molar-refractivity contribution is 5.82. The molecule has 1 fully saturated rings. The molecule has 0 bridgehead atoms. The highest BCUT2D eigenvalue weighted by Gasteiger charge is 2.43. The number of halogens is 3. The Morgan fingerprint density at radius 1 is 1.11 bits per heavy atom. The summed E-state index contributed by atoms with van der Waals surface area (Å²) >= 11 is 0. The van der Waals surface area contributed by atoms with Crippen LogP contribution in [0.5, 0.6) is 5.75 Å². The summed E-state index contributed by atoms with van der Waals surface area (Å²) in [6, 6.07) is 13.0. The lowest BCUT2D eigenvalue weighted by Crippen LogP contribution is -2.61. The number of hydrogen-bond donors (Lipinski definition) is 1. The highest BCUT2D eigenvalue weighted by Crippen LogP contribution is 2.40. The Bertz CT molecular complexity index is 1250. The lowest BCUT2D eigenvalue weighted by Gasteiger charge is -2.49. The van der Waals surface area contributed by atoms with E-state index in [0.717, 1.165) is 23.1 Å². The number of rotatable bonds is 6. The Morgan fingerprint density at radius 3 is 2.65 bits per heavy atom. The van der Waals surface area contributed by atoms with Gasteiger partial charge in [0.2, 0.25) is 11.9 Å². The van der Waals surface area contributed by atoms with E-state index in [9.17, 15) is 18.0 Å². The monoisotopic (exact) mass is 511 g/mol. The molecule has 7 nitrogen and oxygen atoms in total. The Kier molecular flexibility index (Phi) is 6.90. The lowest BCUT2D eigenvalue weighted by molar-refractivity contribution is -0.137. The van der Waals surface area contributed by atoms with Crippen molar-refractivity contribution >= 4 is 17.5 Å². The van der Waals surface area contributed by atoms with Crippen molar-refractivity contribution in [2.45, 2.75) is 25.1 Å². The number of piperazine rings is 1. The molecule has 37 heavy (non-hydrogen) atoms. The maximum Gasteiger partial charge on any atom is 0.416 e. The van der Waals surface area contributed by atoms with Crippen LogP contribution in [0.4, 0.5) is 24.8 Å². The van der Waals surface area contributed by atoms with Gasteiger partial charge in [0.15, 0.2) is 0 Å². The predicted octanol–water partition coefficient (Wildman–Crippen LogP) is 3.73. The number of para-hydroxylation sites is 1. The Balaban J connectivity index is 1.39. The summed E-state index contributed by atoms with van der Waals surface area (Å²) < 4.78 is 45.7. The quantitative estimate of drug-likeness (QED) is 0.544. The van der Waals surface area contributed by atoms with E-state index in [1.807, 2.05) is 29.2 Å². The molecule has 2 aromatic carbocycles. The number of anilines is 2. The average molecular weight is 512 g/mol. The zero-order chi connectivity index (χ0) is 26.0. The van der Waals surface area contributed by atoms with Gasteiger partial charge >= 0.3 is 6.18 Å². The molecule has 0 radical (unpaired) electrons. The van der Waals surface area contributed by atoms with E-state index in [4.69, 9.17) is 4.74 Å². The molecule has 1 N–H and O–H groups in total. The summed E-state index contributed by atoms with van der Waals surface area (Å²) in [6.45, 7) is 2.04. The topological polar surface area (TPSA) is 70.6 Å². The number of hydrogen-bond acceptors (Lipinski definition) is 6. The van der Waals surface area contributed by atoms with Gasteiger partial charge in [0, 0.05) is 44.3 Å².